The Kier molecular flexibility index (Phi) is 4.71. The summed E-state index contributed by atoms with van der Waals surface area (Å²) in [5.41, 5.74) is 5.32. The molecule has 0 spiro atoms. The quantitative estimate of drug-likeness (QED) is 0.655. The van der Waals surface area contributed by atoms with Crippen molar-refractivity contribution >= 4 is 10.5 Å². The summed E-state index contributed by atoms with van der Waals surface area (Å²) in [4.78, 5) is 0. The summed E-state index contributed by atoms with van der Waals surface area (Å²) in [6, 6.07) is 27.6. The average Bonchev–Trinajstić information content (AvgIpc) is 2.58. The molecule has 110 valence electrons. The van der Waals surface area contributed by atoms with Gasteiger partial charge in [0.15, 0.2) is 0 Å². The molecule has 3 rings (SSSR count). The van der Waals surface area contributed by atoms with E-state index in [1.807, 2.05) is 0 Å². The highest BCUT2D eigenvalue weighted by atomic mass is 28.2. The highest BCUT2D eigenvalue weighted by Gasteiger charge is 2.10. The molecule has 0 aromatic heterocycles. The summed E-state index contributed by atoms with van der Waals surface area (Å²) in [7, 11) is 0.713. The summed E-state index contributed by atoms with van der Waals surface area (Å²) >= 11 is 0. The molecule has 0 fully saturated rings. The van der Waals surface area contributed by atoms with E-state index in [9.17, 15) is 0 Å². The van der Waals surface area contributed by atoms with E-state index in [0.29, 0.717) is 10.5 Å². The summed E-state index contributed by atoms with van der Waals surface area (Å²) in [6.07, 6.45) is 1.86. The summed E-state index contributed by atoms with van der Waals surface area (Å²) in [5, 5.41) is 0. The Morgan fingerprint density at radius 1 is 0.636 bits per heavy atom. The summed E-state index contributed by atoms with van der Waals surface area (Å²) in [5.74, 6) is 1.03. The molecule has 0 heterocycles. The van der Waals surface area contributed by atoms with Crippen LogP contribution in [0.1, 0.15) is 22.3 Å². The fourth-order valence-electron chi connectivity index (χ4n) is 2.78. The van der Waals surface area contributed by atoms with Crippen LogP contribution in [-0.4, -0.2) is 10.5 Å². The zero-order valence-electron chi connectivity index (χ0n) is 12.8. The van der Waals surface area contributed by atoms with Gasteiger partial charge in [-0.15, -0.1) is 0 Å². The van der Waals surface area contributed by atoms with Crippen molar-refractivity contribution < 1.29 is 4.43 Å². The lowest BCUT2D eigenvalue weighted by atomic mass is 9.94. The van der Waals surface area contributed by atoms with Crippen LogP contribution in [0.2, 0.25) is 0 Å². The van der Waals surface area contributed by atoms with Crippen LogP contribution in [0.25, 0.3) is 0 Å². The van der Waals surface area contributed by atoms with Gasteiger partial charge in [0.1, 0.15) is 5.75 Å². The maximum atomic E-state index is 5.73. The molecule has 2 heteroatoms. The van der Waals surface area contributed by atoms with Gasteiger partial charge in [-0.05, 0) is 29.2 Å². The lowest BCUT2D eigenvalue weighted by molar-refractivity contribution is 0.606. The van der Waals surface area contributed by atoms with Crippen LogP contribution in [0, 0.1) is 0 Å². The number of hydrogen-bond acceptors (Lipinski definition) is 1. The Hall–Kier alpha value is -2.32. The molecule has 0 saturated carbocycles. The third kappa shape index (κ3) is 3.46. The fourth-order valence-corrected chi connectivity index (χ4v) is 3.17. The second-order valence-electron chi connectivity index (χ2n) is 5.42. The normalized spacial score (nSPS) is 10.5. The molecule has 1 nitrogen and oxygen atoms in total. The third-order valence-corrected chi connectivity index (χ3v) is 4.35. The predicted octanol–water partition coefficient (Wildman–Crippen LogP) is 3.53. The molecule has 0 radical (unpaired) electrons. The highest BCUT2D eigenvalue weighted by Crippen LogP contribution is 2.27. The molecule has 0 atom stereocenters. The molecule has 0 bridgehead atoms. The van der Waals surface area contributed by atoms with Crippen molar-refractivity contribution in [1.29, 1.82) is 0 Å². The van der Waals surface area contributed by atoms with Crippen LogP contribution in [0.4, 0.5) is 0 Å². The largest absolute Gasteiger partial charge is 0.553 e. The van der Waals surface area contributed by atoms with Crippen molar-refractivity contribution in [1.82, 2.24) is 0 Å². The van der Waals surface area contributed by atoms with Crippen molar-refractivity contribution in [3.63, 3.8) is 0 Å². The molecule has 0 amide bonds. The van der Waals surface area contributed by atoms with E-state index >= 15 is 0 Å². The molecule has 3 aromatic carbocycles. The zero-order chi connectivity index (χ0) is 15.2. The van der Waals surface area contributed by atoms with Gasteiger partial charge in [0.25, 0.3) is 0 Å². The van der Waals surface area contributed by atoms with E-state index in [0.717, 1.165) is 18.6 Å². The topological polar surface area (TPSA) is 9.23 Å². The van der Waals surface area contributed by atoms with Gasteiger partial charge < -0.3 is 4.43 Å². The number of rotatable bonds is 5. The molecule has 3 aromatic rings. The zero-order valence-corrected chi connectivity index (χ0v) is 14.8. The smallest absolute Gasteiger partial charge is 0.204 e. The molecule has 0 aliphatic rings. The molecular formula is C20H20OSi. The molecule has 0 saturated heterocycles. The minimum Gasteiger partial charge on any atom is -0.553 e. The molecule has 0 aliphatic heterocycles. The van der Waals surface area contributed by atoms with Crippen molar-refractivity contribution in [2.75, 3.05) is 0 Å². The maximum Gasteiger partial charge on any atom is 0.204 e. The van der Waals surface area contributed by atoms with Crippen LogP contribution in [0.3, 0.4) is 0 Å². The first-order chi connectivity index (χ1) is 10.9. The molecular weight excluding hydrogens is 284 g/mol. The van der Waals surface area contributed by atoms with E-state index in [-0.39, 0.29) is 0 Å². The van der Waals surface area contributed by atoms with Gasteiger partial charge in [-0.2, -0.15) is 0 Å². The Bertz CT molecular complexity index is 723. The minimum absolute atomic E-state index is 0.713. The summed E-state index contributed by atoms with van der Waals surface area (Å²) < 4.78 is 5.73. The first kappa shape index (κ1) is 14.6. The molecule has 0 N–H and O–H groups in total. The Morgan fingerprint density at radius 3 is 1.82 bits per heavy atom. The Morgan fingerprint density at radius 2 is 1.23 bits per heavy atom. The number of benzene rings is 3. The first-order valence-electron chi connectivity index (χ1n) is 7.59. The van der Waals surface area contributed by atoms with Gasteiger partial charge in [-0.1, -0.05) is 72.8 Å². The van der Waals surface area contributed by atoms with Crippen LogP contribution >= 0.6 is 0 Å². The van der Waals surface area contributed by atoms with E-state index in [2.05, 4.69) is 78.9 Å². The van der Waals surface area contributed by atoms with E-state index < -0.39 is 0 Å². The van der Waals surface area contributed by atoms with Crippen molar-refractivity contribution in [2.45, 2.75) is 12.8 Å². The highest BCUT2D eigenvalue weighted by molar-refractivity contribution is 6.00. The molecule has 22 heavy (non-hydrogen) atoms. The van der Waals surface area contributed by atoms with Crippen molar-refractivity contribution in [2.24, 2.45) is 0 Å². The predicted molar refractivity (Wildman–Crippen MR) is 95.5 cm³/mol. The van der Waals surface area contributed by atoms with Gasteiger partial charge >= 0.3 is 0 Å². The Balaban J connectivity index is 1.95. The molecule has 0 aliphatic carbocycles. The van der Waals surface area contributed by atoms with Gasteiger partial charge in [-0.25, -0.2) is 0 Å². The average molecular weight is 304 g/mol. The van der Waals surface area contributed by atoms with Gasteiger partial charge in [0, 0.05) is 12.0 Å². The maximum absolute atomic E-state index is 5.73. The second-order valence-corrected chi connectivity index (χ2v) is 5.83. The lowest BCUT2D eigenvalue weighted by Gasteiger charge is -2.15. The third-order valence-electron chi connectivity index (χ3n) is 3.91. The van der Waals surface area contributed by atoms with E-state index in [1.54, 1.807) is 0 Å². The molecule has 0 unspecified atom stereocenters. The minimum atomic E-state index is 0.713. The van der Waals surface area contributed by atoms with Gasteiger partial charge in [-0.3, -0.25) is 0 Å². The first-order valence-corrected chi connectivity index (χ1v) is 8.41. The second kappa shape index (κ2) is 7.10. The monoisotopic (exact) mass is 304 g/mol. The summed E-state index contributed by atoms with van der Waals surface area (Å²) in [6.45, 7) is 0. The number of hydrogen-bond donors (Lipinski definition) is 0. The van der Waals surface area contributed by atoms with Gasteiger partial charge in [0.2, 0.25) is 10.5 Å². The van der Waals surface area contributed by atoms with Gasteiger partial charge in [0.05, 0.1) is 0 Å². The fraction of sp³-hybridized carbons (Fsp3) is 0.100. The SMILES string of the molecule is [SiH3]Oc1cccc(Cc2ccccc2)c1Cc1ccccc1. The van der Waals surface area contributed by atoms with Crippen LogP contribution in [-0.2, 0) is 12.8 Å². The lowest BCUT2D eigenvalue weighted by Crippen LogP contribution is -2.01. The van der Waals surface area contributed by atoms with E-state index in [1.165, 1.54) is 22.3 Å². The van der Waals surface area contributed by atoms with Crippen LogP contribution in [0.5, 0.6) is 5.75 Å². The Labute approximate surface area is 135 Å². The standard InChI is InChI=1S/C20H20OSi/c22-21-20-13-7-12-18(14-16-8-3-1-4-9-16)19(20)15-17-10-5-2-6-11-17/h1-13H,14-15H2,22H3. The van der Waals surface area contributed by atoms with E-state index in [4.69, 9.17) is 4.43 Å². The van der Waals surface area contributed by atoms with Crippen LogP contribution in [0.15, 0.2) is 78.9 Å². The van der Waals surface area contributed by atoms with Crippen LogP contribution < -0.4 is 4.43 Å². The van der Waals surface area contributed by atoms with Crippen molar-refractivity contribution in [3.8, 4) is 5.75 Å². The van der Waals surface area contributed by atoms with Crippen molar-refractivity contribution in [3.05, 3.63) is 101 Å².